The van der Waals surface area contributed by atoms with Gasteiger partial charge in [-0.1, -0.05) is 30.3 Å². The number of amides is 1. The Morgan fingerprint density at radius 1 is 1.12 bits per heavy atom. The van der Waals surface area contributed by atoms with Gasteiger partial charge in [-0.2, -0.15) is 11.8 Å². The second-order valence-corrected chi connectivity index (χ2v) is 8.76. The van der Waals surface area contributed by atoms with Crippen LogP contribution >= 0.6 is 11.8 Å². The summed E-state index contributed by atoms with van der Waals surface area (Å²) in [6, 6.07) is 10.8. The van der Waals surface area contributed by atoms with E-state index in [-0.39, 0.29) is 12.0 Å². The highest BCUT2D eigenvalue weighted by molar-refractivity contribution is 7.99. The highest BCUT2D eigenvalue weighted by atomic mass is 32.2. The summed E-state index contributed by atoms with van der Waals surface area (Å²) in [4.78, 5) is 17.3. The number of nitrogens with zero attached hydrogens (tertiary/aromatic N) is 2. The Hall–Kier alpha value is -1.04. The van der Waals surface area contributed by atoms with Gasteiger partial charge in [-0.25, -0.2) is 0 Å². The lowest BCUT2D eigenvalue weighted by Gasteiger charge is -2.28. The molecule has 2 atom stereocenters. The van der Waals surface area contributed by atoms with Crippen LogP contribution in [0.2, 0.25) is 0 Å². The minimum absolute atomic E-state index is 0.140. The van der Waals surface area contributed by atoms with Gasteiger partial charge < -0.3 is 9.64 Å². The number of carbonyl (C=O) groups excluding carboxylic acids is 1. The molecule has 2 heterocycles. The molecule has 0 spiro atoms. The first kappa shape index (κ1) is 17.4. The van der Waals surface area contributed by atoms with E-state index in [9.17, 15) is 4.79 Å². The Morgan fingerprint density at radius 2 is 1.96 bits per heavy atom. The fourth-order valence-electron chi connectivity index (χ4n) is 3.71. The molecule has 1 saturated carbocycles. The molecule has 1 amide bonds. The molecule has 0 N–H and O–H groups in total. The third-order valence-electron chi connectivity index (χ3n) is 5.46. The Balaban J connectivity index is 1.45. The van der Waals surface area contributed by atoms with E-state index in [1.807, 2.05) is 34.9 Å². The maximum Gasteiger partial charge on any atom is 0.237 e. The highest BCUT2D eigenvalue weighted by Gasteiger charge is 2.34. The minimum atomic E-state index is 0.140. The number of benzene rings is 1. The third-order valence-corrected chi connectivity index (χ3v) is 6.60. The summed E-state index contributed by atoms with van der Waals surface area (Å²) >= 11 is 2.01. The third kappa shape index (κ3) is 4.78. The average molecular weight is 361 g/mol. The molecule has 4 nitrogen and oxygen atoms in total. The number of carbonyl (C=O) groups is 1. The second-order valence-electron chi connectivity index (χ2n) is 7.61. The zero-order valence-electron chi connectivity index (χ0n) is 14.8. The number of rotatable bonds is 6. The molecule has 5 heteroatoms. The molecule has 2 saturated heterocycles. The van der Waals surface area contributed by atoms with E-state index >= 15 is 0 Å². The predicted molar refractivity (Wildman–Crippen MR) is 102 cm³/mol. The maximum absolute atomic E-state index is 12.9. The average Bonchev–Trinajstić information content (AvgIpc) is 3.33. The summed E-state index contributed by atoms with van der Waals surface area (Å²) in [6.45, 7) is 3.72. The fraction of sp³-hybridized carbons (Fsp3) is 0.650. The number of hydrogen-bond donors (Lipinski definition) is 0. The van der Waals surface area contributed by atoms with E-state index in [0.29, 0.717) is 19.1 Å². The number of ether oxygens (including phenoxy) is 1. The van der Waals surface area contributed by atoms with Crippen LogP contribution in [-0.2, 0) is 16.1 Å². The van der Waals surface area contributed by atoms with Crippen LogP contribution in [-0.4, -0.2) is 65.6 Å². The van der Waals surface area contributed by atoms with Crippen LogP contribution < -0.4 is 0 Å². The first-order valence-electron chi connectivity index (χ1n) is 9.53. The Morgan fingerprint density at radius 3 is 2.68 bits per heavy atom. The van der Waals surface area contributed by atoms with Gasteiger partial charge in [-0.15, -0.1) is 0 Å². The van der Waals surface area contributed by atoms with Gasteiger partial charge in [0.1, 0.15) is 0 Å². The van der Waals surface area contributed by atoms with Crippen molar-refractivity contribution in [2.75, 3.05) is 37.7 Å². The van der Waals surface area contributed by atoms with Gasteiger partial charge in [0.25, 0.3) is 0 Å². The summed E-state index contributed by atoms with van der Waals surface area (Å²) in [5, 5.41) is 0. The molecule has 2 aliphatic heterocycles. The summed E-state index contributed by atoms with van der Waals surface area (Å²) < 4.78 is 6.25. The quantitative estimate of drug-likeness (QED) is 0.781. The van der Waals surface area contributed by atoms with Crippen molar-refractivity contribution in [1.29, 1.82) is 0 Å². The number of hydrogen-bond acceptors (Lipinski definition) is 4. The van der Waals surface area contributed by atoms with Crippen molar-refractivity contribution < 1.29 is 9.53 Å². The monoisotopic (exact) mass is 360 g/mol. The largest absolute Gasteiger partial charge is 0.375 e. The lowest BCUT2D eigenvalue weighted by Crippen LogP contribution is -2.42. The van der Waals surface area contributed by atoms with E-state index in [1.165, 1.54) is 30.6 Å². The maximum atomic E-state index is 12.9. The van der Waals surface area contributed by atoms with Crippen molar-refractivity contribution >= 4 is 17.7 Å². The lowest BCUT2D eigenvalue weighted by molar-refractivity contribution is -0.132. The Labute approximate surface area is 154 Å². The van der Waals surface area contributed by atoms with Gasteiger partial charge in [-0.3, -0.25) is 9.69 Å². The standard InChI is InChI=1S/C20H28N2O2S/c23-20-13-21(18-8-9-25-15-18)11-19(24-14-17-6-7-17)12-22(20)10-16-4-2-1-3-5-16/h1-5,17-19H,6-15H2/t18-,19+/m0/s1. The fourth-order valence-corrected chi connectivity index (χ4v) is 4.97. The molecule has 1 aromatic rings. The molecule has 0 radical (unpaired) electrons. The van der Waals surface area contributed by atoms with Crippen LogP contribution in [0.15, 0.2) is 30.3 Å². The van der Waals surface area contributed by atoms with Crippen LogP contribution in [0.5, 0.6) is 0 Å². The molecule has 1 aromatic carbocycles. The molecule has 3 fully saturated rings. The van der Waals surface area contributed by atoms with Gasteiger partial charge >= 0.3 is 0 Å². The topological polar surface area (TPSA) is 32.8 Å². The van der Waals surface area contributed by atoms with Crippen LogP contribution in [0.1, 0.15) is 24.8 Å². The number of thioether (sulfide) groups is 1. The minimum Gasteiger partial charge on any atom is -0.375 e. The van der Waals surface area contributed by atoms with Gasteiger partial charge in [0.05, 0.1) is 12.6 Å². The molecule has 25 heavy (non-hydrogen) atoms. The summed E-state index contributed by atoms with van der Waals surface area (Å²) in [5.74, 6) is 3.38. The van der Waals surface area contributed by atoms with Crippen molar-refractivity contribution in [3.8, 4) is 0 Å². The molecule has 4 rings (SSSR count). The summed E-state index contributed by atoms with van der Waals surface area (Å²) in [6.07, 6.45) is 3.96. The highest BCUT2D eigenvalue weighted by Crippen LogP contribution is 2.30. The molecule has 0 aromatic heterocycles. The van der Waals surface area contributed by atoms with Crippen molar-refractivity contribution in [1.82, 2.24) is 9.80 Å². The summed E-state index contributed by atoms with van der Waals surface area (Å²) in [5.41, 5.74) is 1.20. The second kappa shape index (κ2) is 8.11. The van der Waals surface area contributed by atoms with Crippen LogP contribution in [0.3, 0.4) is 0 Å². The van der Waals surface area contributed by atoms with Crippen molar-refractivity contribution in [2.45, 2.75) is 38.0 Å². The Bertz CT molecular complexity index is 572. The van der Waals surface area contributed by atoms with Crippen LogP contribution in [0.25, 0.3) is 0 Å². The van der Waals surface area contributed by atoms with E-state index in [2.05, 4.69) is 17.0 Å². The van der Waals surface area contributed by atoms with Gasteiger partial charge in [0, 0.05) is 38.0 Å². The molecular formula is C20H28N2O2S. The smallest absolute Gasteiger partial charge is 0.237 e. The molecule has 0 bridgehead atoms. The molecule has 0 unspecified atom stereocenters. The van der Waals surface area contributed by atoms with Crippen molar-refractivity contribution in [3.05, 3.63) is 35.9 Å². The summed E-state index contributed by atoms with van der Waals surface area (Å²) in [7, 11) is 0. The molecular weight excluding hydrogens is 332 g/mol. The molecule has 136 valence electrons. The van der Waals surface area contributed by atoms with E-state index in [0.717, 1.165) is 31.4 Å². The zero-order chi connectivity index (χ0) is 17.1. The first-order valence-corrected chi connectivity index (χ1v) is 10.7. The molecule has 1 aliphatic carbocycles. The lowest BCUT2D eigenvalue weighted by atomic mass is 10.2. The normalized spacial score (nSPS) is 28.3. The first-order chi connectivity index (χ1) is 12.3. The zero-order valence-corrected chi connectivity index (χ0v) is 15.6. The van der Waals surface area contributed by atoms with Gasteiger partial charge in [-0.05, 0) is 36.5 Å². The van der Waals surface area contributed by atoms with E-state index in [1.54, 1.807) is 0 Å². The van der Waals surface area contributed by atoms with Gasteiger partial charge in [0.15, 0.2) is 0 Å². The Kier molecular flexibility index (Phi) is 5.63. The van der Waals surface area contributed by atoms with E-state index in [4.69, 9.17) is 4.74 Å². The van der Waals surface area contributed by atoms with Gasteiger partial charge in [0.2, 0.25) is 5.91 Å². The van der Waals surface area contributed by atoms with Crippen LogP contribution in [0.4, 0.5) is 0 Å². The van der Waals surface area contributed by atoms with Crippen LogP contribution in [0, 0.1) is 5.92 Å². The SMILES string of the molecule is O=C1CN([C@H]2CCSC2)C[C@@H](OCC2CC2)CN1Cc1ccccc1. The predicted octanol–water partition coefficient (Wildman–Crippen LogP) is 2.63. The van der Waals surface area contributed by atoms with Crippen molar-refractivity contribution in [3.63, 3.8) is 0 Å². The molecule has 3 aliphatic rings. The van der Waals surface area contributed by atoms with Crippen molar-refractivity contribution in [2.24, 2.45) is 5.92 Å². The van der Waals surface area contributed by atoms with E-state index < -0.39 is 0 Å².